The lowest BCUT2D eigenvalue weighted by Crippen LogP contribution is -2.27. The Labute approximate surface area is 85.5 Å². The van der Waals surface area contributed by atoms with Crippen molar-refractivity contribution in [2.75, 3.05) is 12.5 Å². The van der Waals surface area contributed by atoms with E-state index in [0.29, 0.717) is 5.88 Å². The highest BCUT2D eigenvalue weighted by atomic mass is 35.5. The van der Waals surface area contributed by atoms with Crippen LogP contribution in [0.3, 0.4) is 0 Å². The molecule has 1 heterocycles. The van der Waals surface area contributed by atoms with Crippen molar-refractivity contribution in [3.8, 4) is 0 Å². The van der Waals surface area contributed by atoms with Gasteiger partial charge in [0.25, 0.3) is 0 Å². The maximum Gasteiger partial charge on any atom is 0.157 e. The highest BCUT2D eigenvalue weighted by molar-refractivity contribution is 6.17. The summed E-state index contributed by atoms with van der Waals surface area (Å²) in [4.78, 5) is 0. The van der Waals surface area contributed by atoms with Crippen LogP contribution in [0.2, 0.25) is 0 Å². The van der Waals surface area contributed by atoms with Gasteiger partial charge in [-0.2, -0.15) is 0 Å². The van der Waals surface area contributed by atoms with Gasteiger partial charge in [-0.1, -0.05) is 6.92 Å². The molecule has 2 atom stereocenters. The second-order valence-electron chi connectivity index (χ2n) is 3.44. The third-order valence-electron chi connectivity index (χ3n) is 2.37. The first kappa shape index (κ1) is 11.3. The van der Waals surface area contributed by atoms with E-state index in [-0.39, 0.29) is 12.4 Å². The summed E-state index contributed by atoms with van der Waals surface area (Å²) in [5, 5.41) is 0. The number of hydrogen-bond acceptors (Lipinski definition) is 2. The van der Waals surface area contributed by atoms with Crippen LogP contribution in [0.15, 0.2) is 0 Å². The lowest BCUT2D eigenvalue weighted by molar-refractivity contribution is -0.188. The van der Waals surface area contributed by atoms with E-state index in [1.54, 1.807) is 0 Å². The molecule has 0 aromatic carbocycles. The van der Waals surface area contributed by atoms with E-state index in [0.717, 1.165) is 25.9 Å². The van der Waals surface area contributed by atoms with Crippen molar-refractivity contribution in [2.45, 2.75) is 51.4 Å². The first-order chi connectivity index (χ1) is 6.36. The second-order valence-corrected chi connectivity index (χ2v) is 3.82. The van der Waals surface area contributed by atoms with Gasteiger partial charge in [0.2, 0.25) is 0 Å². The molecule has 1 saturated heterocycles. The van der Waals surface area contributed by atoms with Crippen molar-refractivity contribution in [2.24, 2.45) is 0 Å². The molecule has 1 rings (SSSR count). The summed E-state index contributed by atoms with van der Waals surface area (Å²) in [6, 6.07) is 0. The van der Waals surface area contributed by atoms with Crippen molar-refractivity contribution < 1.29 is 9.47 Å². The molecule has 1 fully saturated rings. The fraction of sp³-hybridized carbons (Fsp3) is 1.00. The topological polar surface area (TPSA) is 18.5 Å². The maximum absolute atomic E-state index is 5.77. The normalized spacial score (nSPS) is 25.8. The van der Waals surface area contributed by atoms with Crippen molar-refractivity contribution in [1.82, 2.24) is 0 Å². The second kappa shape index (κ2) is 6.63. The van der Waals surface area contributed by atoms with Crippen molar-refractivity contribution >= 4 is 11.6 Å². The number of halogens is 1. The Morgan fingerprint density at radius 2 is 2.38 bits per heavy atom. The molecule has 78 valence electrons. The maximum atomic E-state index is 5.77. The zero-order chi connectivity index (χ0) is 9.52. The van der Waals surface area contributed by atoms with Crippen molar-refractivity contribution in [3.63, 3.8) is 0 Å². The Balaban J connectivity index is 2.18. The standard InChI is InChI=1S/C10H19ClO2/c1-2-9(6-7-11)13-10-5-3-4-8-12-10/h9-10H,2-8H2,1H3. The molecule has 0 N–H and O–H groups in total. The van der Waals surface area contributed by atoms with Crippen molar-refractivity contribution in [1.29, 1.82) is 0 Å². The molecule has 0 bridgehead atoms. The number of alkyl halides is 1. The van der Waals surface area contributed by atoms with Gasteiger partial charge in [-0.25, -0.2) is 0 Å². The fourth-order valence-electron chi connectivity index (χ4n) is 1.52. The van der Waals surface area contributed by atoms with Gasteiger partial charge in [0.1, 0.15) is 0 Å². The SMILES string of the molecule is CCC(CCCl)OC1CCCCO1. The van der Waals surface area contributed by atoms with Gasteiger partial charge in [0.15, 0.2) is 6.29 Å². The minimum absolute atomic E-state index is 0.0296. The molecule has 0 aromatic rings. The summed E-state index contributed by atoms with van der Waals surface area (Å²) < 4.78 is 11.3. The van der Waals surface area contributed by atoms with Gasteiger partial charge in [-0.05, 0) is 32.1 Å². The lowest BCUT2D eigenvalue weighted by Gasteiger charge is -2.26. The van der Waals surface area contributed by atoms with Crippen LogP contribution in [0.4, 0.5) is 0 Å². The molecular weight excluding hydrogens is 188 g/mol. The van der Waals surface area contributed by atoms with Gasteiger partial charge < -0.3 is 9.47 Å². The first-order valence-corrected chi connectivity index (χ1v) is 5.73. The minimum atomic E-state index is 0.0296. The molecule has 0 aromatic heterocycles. The summed E-state index contributed by atoms with van der Waals surface area (Å²) in [6.45, 7) is 2.97. The van der Waals surface area contributed by atoms with Gasteiger partial charge in [0, 0.05) is 12.5 Å². The first-order valence-electron chi connectivity index (χ1n) is 5.19. The molecule has 1 aliphatic rings. The Hall–Kier alpha value is 0.210. The van der Waals surface area contributed by atoms with E-state index in [1.807, 2.05) is 0 Å². The van der Waals surface area contributed by atoms with E-state index in [9.17, 15) is 0 Å². The summed E-state index contributed by atoms with van der Waals surface area (Å²) >= 11 is 5.67. The molecule has 0 aliphatic carbocycles. The molecular formula is C10H19ClO2. The number of hydrogen-bond donors (Lipinski definition) is 0. The van der Waals surface area contributed by atoms with Crippen LogP contribution in [-0.4, -0.2) is 24.9 Å². The molecule has 0 spiro atoms. The summed E-state index contributed by atoms with van der Waals surface area (Å²) in [6.07, 6.45) is 5.69. The largest absolute Gasteiger partial charge is 0.353 e. The van der Waals surface area contributed by atoms with Gasteiger partial charge in [-0.3, -0.25) is 0 Å². The highest BCUT2D eigenvalue weighted by Crippen LogP contribution is 2.17. The Kier molecular flexibility index (Phi) is 5.76. The van der Waals surface area contributed by atoms with E-state index < -0.39 is 0 Å². The molecule has 2 unspecified atom stereocenters. The summed E-state index contributed by atoms with van der Waals surface area (Å²) in [5.41, 5.74) is 0. The predicted molar refractivity (Wildman–Crippen MR) is 54.1 cm³/mol. The molecule has 1 aliphatic heterocycles. The van der Waals surface area contributed by atoms with Crippen LogP contribution in [-0.2, 0) is 9.47 Å². The van der Waals surface area contributed by atoms with Gasteiger partial charge in [0.05, 0.1) is 6.10 Å². The highest BCUT2D eigenvalue weighted by Gasteiger charge is 2.18. The summed E-state index contributed by atoms with van der Waals surface area (Å²) in [5.74, 6) is 0.672. The third kappa shape index (κ3) is 4.30. The van der Waals surface area contributed by atoms with Crippen LogP contribution in [0.25, 0.3) is 0 Å². The van der Waals surface area contributed by atoms with Crippen LogP contribution >= 0.6 is 11.6 Å². The number of rotatable bonds is 5. The zero-order valence-corrected chi connectivity index (χ0v) is 9.05. The molecule has 13 heavy (non-hydrogen) atoms. The summed E-state index contributed by atoms with van der Waals surface area (Å²) in [7, 11) is 0. The molecule has 0 amide bonds. The average molecular weight is 207 g/mol. The molecule has 0 saturated carbocycles. The predicted octanol–water partition coefficient (Wildman–Crippen LogP) is 2.94. The fourth-order valence-corrected chi connectivity index (χ4v) is 1.77. The average Bonchev–Trinajstić information content (AvgIpc) is 2.19. The molecule has 2 nitrogen and oxygen atoms in total. The van der Waals surface area contributed by atoms with Crippen LogP contribution in [0, 0.1) is 0 Å². The van der Waals surface area contributed by atoms with Crippen LogP contribution in [0.1, 0.15) is 39.0 Å². The Morgan fingerprint density at radius 1 is 1.54 bits per heavy atom. The zero-order valence-electron chi connectivity index (χ0n) is 8.30. The smallest absolute Gasteiger partial charge is 0.157 e. The third-order valence-corrected chi connectivity index (χ3v) is 2.59. The number of ether oxygens (including phenoxy) is 2. The Morgan fingerprint density at radius 3 is 2.92 bits per heavy atom. The molecule has 0 radical (unpaired) electrons. The van der Waals surface area contributed by atoms with E-state index >= 15 is 0 Å². The van der Waals surface area contributed by atoms with Gasteiger partial charge >= 0.3 is 0 Å². The van der Waals surface area contributed by atoms with Gasteiger partial charge in [-0.15, -0.1) is 11.6 Å². The van der Waals surface area contributed by atoms with E-state index in [2.05, 4.69) is 6.92 Å². The minimum Gasteiger partial charge on any atom is -0.353 e. The van der Waals surface area contributed by atoms with E-state index in [1.165, 1.54) is 12.8 Å². The molecule has 3 heteroatoms. The monoisotopic (exact) mass is 206 g/mol. The van der Waals surface area contributed by atoms with E-state index in [4.69, 9.17) is 21.1 Å². The lowest BCUT2D eigenvalue weighted by atomic mass is 10.2. The van der Waals surface area contributed by atoms with Crippen LogP contribution < -0.4 is 0 Å². The quantitative estimate of drug-likeness (QED) is 0.644. The van der Waals surface area contributed by atoms with Crippen LogP contribution in [0.5, 0.6) is 0 Å². The van der Waals surface area contributed by atoms with Crippen molar-refractivity contribution in [3.05, 3.63) is 0 Å². The Bertz CT molecular complexity index is 121.